The Morgan fingerprint density at radius 3 is 1.68 bits per heavy atom. The van der Waals surface area contributed by atoms with Gasteiger partial charge in [0.05, 0.1) is 12.3 Å². The normalized spacial score (nSPS) is 17.2. The number of carbonyl (C=O) groups is 4. The monoisotopic (exact) mass is 877 g/mol. The van der Waals surface area contributed by atoms with Crippen molar-refractivity contribution in [1.82, 2.24) is 9.46 Å². The molecule has 0 unspecified atom stereocenters. The van der Waals surface area contributed by atoms with E-state index in [0.717, 1.165) is 35.5 Å². The molecule has 20 nitrogen and oxygen atoms in total. The molecule has 3 aromatic rings. The molecule has 0 saturated heterocycles. The molecular formula is C38H45N4O16S2+. The third kappa shape index (κ3) is 12.4. The van der Waals surface area contributed by atoms with Gasteiger partial charge in [0.15, 0.2) is 17.3 Å². The first-order valence-corrected chi connectivity index (χ1v) is 20.6. The minimum absolute atomic E-state index is 0.0281. The van der Waals surface area contributed by atoms with E-state index < -0.39 is 53.2 Å². The lowest BCUT2D eigenvalue weighted by Gasteiger charge is -2.36. The molecule has 0 bridgehead atoms. The third-order valence-electron chi connectivity index (χ3n) is 9.57. The highest BCUT2D eigenvalue weighted by molar-refractivity contribution is 7.94. The van der Waals surface area contributed by atoms with Crippen LogP contribution >= 0.6 is 24.1 Å². The fraction of sp³-hybridized carbons (Fsp3) is 0.395. The van der Waals surface area contributed by atoms with Crippen LogP contribution in [0.4, 0.5) is 5.69 Å². The lowest BCUT2D eigenvalue weighted by molar-refractivity contribution is -0.526. The number of benzene rings is 1. The van der Waals surface area contributed by atoms with E-state index in [4.69, 9.17) is 20.2 Å². The summed E-state index contributed by atoms with van der Waals surface area (Å²) in [4.78, 5) is 63.9. The average molecular weight is 878 g/mol. The van der Waals surface area contributed by atoms with Crippen LogP contribution in [0.1, 0.15) is 50.0 Å². The summed E-state index contributed by atoms with van der Waals surface area (Å²) < 4.78 is 12.1. The van der Waals surface area contributed by atoms with Crippen LogP contribution in [0.3, 0.4) is 0 Å². The molecule has 324 valence electrons. The van der Waals surface area contributed by atoms with Crippen molar-refractivity contribution in [3.8, 4) is 23.5 Å². The maximum Gasteiger partial charge on any atom is 0.333 e. The van der Waals surface area contributed by atoms with Gasteiger partial charge in [0, 0.05) is 116 Å². The van der Waals surface area contributed by atoms with Gasteiger partial charge in [-0.05, 0) is 30.5 Å². The Labute approximate surface area is 351 Å². The van der Waals surface area contributed by atoms with Crippen LogP contribution in [-0.2, 0) is 37.9 Å². The Bertz CT molecular complexity index is 1960. The second-order valence-electron chi connectivity index (χ2n) is 13.5. The van der Waals surface area contributed by atoms with Crippen LogP contribution in [0, 0.1) is 11.8 Å². The first-order chi connectivity index (χ1) is 29.0. The Balaban J connectivity index is 1.17. The number of anilines is 1. The van der Waals surface area contributed by atoms with Gasteiger partial charge in [0.2, 0.25) is 23.5 Å². The Morgan fingerprint density at radius 1 is 0.667 bits per heavy atom. The second-order valence-corrected chi connectivity index (χ2v) is 15.0. The van der Waals surface area contributed by atoms with E-state index in [0.29, 0.717) is 78.4 Å². The van der Waals surface area contributed by atoms with Crippen LogP contribution in [0.25, 0.3) is 0 Å². The Morgan fingerprint density at radius 2 is 1.15 bits per heavy atom. The number of ketones is 2. The zero-order chi connectivity index (χ0) is 43.0. The number of allylic oxidation sites excluding steroid dienone is 4. The highest BCUT2D eigenvalue weighted by atomic mass is 32.2. The molecule has 0 amide bonds. The summed E-state index contributed by atoms with van der Waals surface area (Å²) in [6.07, 6.45) is 9.11. The van der Waals surface area contributed by atoms with Gasteiger partial charge >= 0.3 is 11.9 Å². The molecule has 6 N–H and O–H groups in total. The summed E-state index contributed by atoms with van der Waals surface area (Å²) in [7, 11) is 0. The molecule has 0 aliphatic heterocycles. The molecule has 0 spiro atoms. The third-order valence-corrected chi connectivity index (χ3v) is 10.8. The summed E-state index contributed by atoms with van der Waals surface area (Å²) in [5.74, 6) is -4.74. The van der Waals surface area contributed by atoms with Gasteiger partial charge in [0.1, 0.15) is 19.0 Å². The molecular weight excluding hydrogens is 833 g/mol. The zero-order valence-corrected chi connectivity index (χ0v) is 33.6. The van der Waals surface area contributed by atoms with Crippen molar-refractivity contribution in [2.75, 3.05) is 42.6 Å². The predicted molar refractivity (Wildman–Crippen MR) is 213 cm³/mol. The van der Waals surface area contributed by atoms with E-state index >= 15 is 0 Å². The molecule has 0 atom stereocenters. The maximum absolute atomic E-state index is 13.5. The maximum atomic E-state index is 13.5. The SMILES string of the molecule is O=C(CCCN(CCCSOOO)c1ccc(C2C(=O)C(C3C=CC(=[N+](CCCSOOO)CCCC(=O)On4c(O)ccc4O)C=C3)C2=O)cc1)On1c(O)ccc1O. The largest absolute Gasteiger partial charge is 0.492 e. The van der Waals surface area contributed by atoms with Crippen LogP contribution < -0.4 is 14.6 Å². The molecule has 2 aromatic heterocycles. The van der Waals surface area contributed by atoms with Gasteiger partial charge in [-0.1, -0.05) is 34.4 Å². The Hall–Kier alpha value is -5.33. The fourth-order valence-electron chi connectivity index (χ4n) is 6.69. The number of carbonyl (C=O) groups excluding carboxylic acids is 4. The van der Waals surface area contributed by atoms with E-state index in [9.17, 15) is 39.6 Å². The topological polar surface area (TPSA) is 261 Å². The molecule has 60 heavy (non-hydrogen) atoms. The van der Waals surface area contributed by atoms with Gasteiger partial charge in [0.25, 0.3) is 0 Å². The quantitative estimate of drug-likeness (QED) is 0.0177. The molecule has 22 heteroatoms. The molecule has 1 fully saturated rings. The summed E-state index contributed by atoms with van der Waals surface area (Å²) in [6, 6.07) is 11.8. The van der Waals surface area contributed by atoms with E-state index in [1.54, 1.807) is 36.4 Å². The standard InChI is InChI=1S/C38H44N4O16S2/c43-29-15-16-30(44)41(29)53-33(47)5-1-19-39(21-3-23-59-57-55-51)27-11-7-25(8-12-27)35-37(49)36(38(35)50)26-9-13-28(14-10-26)40(22-4-24-60-58-56-52)20-2-6-34(48)54-42-31(45)17-18-32(42)46/h7-18,25,35-36H,1-6,19-24H2,(H5-,43,44,45,46,51,52)/p+1. The number of hydrogen-bond donors (Lipinski definition) is 6. The highest BCUT2D eigenvalue weighted by Crippen LogP contribution is 2.41. The summed E-state index contributed by atoms with van der Waals surface area (Å²) >= 11 is 1.82. The molecule has 5 rings (SSSR count). The molecule has 1 aromatic carbocycles. The van der Waals surface area contributed by atoms with Crippen LogP contribution in [0.2, 0.25) is 0 Å². The second kappa shape index (κ2) is 22.9. The molecule has 2 aliphatic rings. The number of hydrogen-bond acceptors (Lipinski definition) is 19. The van der Waals surface area contributed by atoms with Crippen molar-refractivity contribution in [3.05, 3.63) is 78.4 Å². The van der Waals surface area contributed by atoms with Crippen LogP contribution in [0.15, 0.2) is 72.8 Å². The molecule has 0 radical (unpaired) electrons. The van der Waals surface area contributed by atoms with Gasteiger partial charge in [-0.15, -0.1) is 18.1 Å². The number of rotatable bonds is 25. The van der Waals surface area contributed by atoms with Crippen LogP contribution in [-0.4, -0.2) is 112 Å². The lowest BCUT2D eigenvalue weighted by Crippen LogP contribution is -2.49. The van der Waals surface area contributed by atoms with Gasteiger partial charge in [-0.25, -0.2) is 24.7 Å². The smallest absolute Gasteiger partial charge is 0.333 e. The molecule has 2 aliphatic carbocycles. The van der Waals surface area contributed by atoms with Crippen molar-refractivity contribution in [3.63, 3.8) is 0 Å². The van der Waals surface area contributed by atoms with Gasteiger partial charge in [-0.3, -0.25) is 9.59 Å². The zero-order valence-electron chi connectivity index (χ0n) is 32.0. The van der Waals surface area contributed by atoms with Crippen molar-refractivity contribution in [2.24, 2.45) is 11.8 Å². The highest BCUT2D eigenvalue weighted by Gasteiger charge is 2.52. The van der Waals surface area contributed by atoms with E-state index in [1.165, 1.54) is 24.3 Å². The number of aromatic hydroxyl groups is 4. The molecule has 1 saturated carbocycles. The lowest BCUT2D eigenvalue weighted by atomic mass is 9.63. The summed E-state index contributed by atoms with van der Waals surface area (Å²) in [6.45, 7) is 1.85. The van der Waals surface area contributed by atoms with Crippen molar-refractivity contribution < 1.29 is 83.1 Å². The first kappa shape index (κ1) is 45.7. The number of aromatic nitrogens is 2. The van der Waals surface area contributed by atoms with E-state index in [-0.39, 0.29) is 24.4 Å². The van der Waals surface area contributed by atoms with Crippen molar-refractivity contribution in [2.45, 2.75) is 44.4 Å². The first-order valence-electron chi connectivity index (χ1n) is 18.7. The molecule has 2 heterocycles. The fourth-order valence-corrected chi connectivity index (χ4v) is 7.41. The van der Waals surface area contributed by atoms with Crippen molar-refractivity contribution >= 4 is 59.0 Å². The number of Topliss-reactive ketones (excluding diaryl/α,β-unsaturated/α-hetero) is 2. The van der Waals surface area contributed by atoms with Gasteiger partial charge < -0.3 is 35.0 Å². The summed E-state index contributed by atoms with van der Waals surface area (Å²) in [5, 5.41) is 63.0. The van der Waals surface area contributed by atoms with Crippen molar-refractivity contribution in [1.29, 1.82) is 0 Å². The summed E-state index contributed by atoms with van der Waals surface area (Å²) in [5.41, 5.74) is 2.10. The van der Waals surface area contributed by atoms with E-state index in [2.05, 4.69) is 18.7 Å². The van der Waals surface area contributed by atoms with Crippen LogP contribution in [0.5, 0.6) is 23.5 Å². The van der Waals surface area contributed by atoms with E-state index in [1.807, 2.05) is 21.6 Å². The minimum atomic E-state index is -0.915. The minimum Gasteiger partial charge on any atom is -0.492 e. The van der Waals surface area contributed by atoms with Gasteiger partial charge in [-0.2, -0.15) is 0 Å². The average Bonchev–Trinajstić information content (AvgIpc) is 3.73. The number of nitrogens with zero attached hydrogens (tertiary/aromatic N) is 4. The predicted octanol–water partition coefficient (Wildman–Crippen LogP) is 3.76. The Kier molecular flexibility index (Phi) is 17.4.